The van der Waals surface area contributed by atoms with Gasteiger partial charge in [-0.1, -0.05) is 57.0 Å². The molecule has 0 bridgehead atoms. The molecule has 1 rings (SSSR count). The Morgan fingerprint density at radius 2 is 1.75 bits per heavy atom. The second kappa shape index (κ2) is 8.42. The molecule has 0 aliphatic rings. The van der Waals surface area contributed by atoms with Crippen LogP contribution in [0.25, 0.3) is 0 Å². The standard InChI is InChI=1S/C16H27NO2S/c1-4-6-10-13-20(18,19)14(3)16(17-5-2)15-11-8-7-9-12-15/h7-9,11-12,14,16-17H,4-6,10,13H2,1-3H3. The zero-order valence-corrected chi connectivity index (χ0v) is 13.6. The summed E-state index contributed by atoms with van der Waals surface area (Å²) in [6.45, 7) is 6.67. The molecule has 0 heterocycles. The number of hydrogen-bond donors (Lipinski definition) is 1. The molecule has 0 fully saturated rings. The van der Waals surface area contributed by atoms with Gasteiger partial charge in [0, 0.05) is 6.04 Å². The van der Waals surface area contributed by atoms with Crippen LogP contribution in [0.1, 0.15) is 51.6 Å². The van der Waals surface area contributed by atoms with Crippen molar-refractivity contribution in [2.45, 2.75) is 51.3 Å². The first-order chi connectivity index (χ1) is 9.53. The van der Waals surface area contributed by atoms with Gasteiger partial charge >= 0.3 is 0 Å². The SMILES string of the molecule is CCCCCS(=O)(=O)C(C)C(NCC)c1ccccc1. The van der Waals surface area contributed by atoms with Crippen LogP contribution in [0, 0.1) is 0 Å². The summed E-state index contributed by atoms with van der Waals surface area (Å²) in [7, 11) is -3.06. The van der Waals surface area contributed by atoms with E-state index in [9.17, 15) is 8.42 Å². The molecule has 3 nitrogen and oxygen atoms in total. The van der Waals surface area contributed by atoms with Crippen molar-refractivity contribution in [2.24, 2.45) is 0 Å². The van der Waals surface area contributed by atoms with Gasteiger partial charge in [0.1, 0.15) is 0 Å². The van der Waals surface area contributed by atoms with Crippen LogP contribution < -0.4 is 5.32 Å². The Bertz CT molecular complexity index is 471. The van der Waals surface area contributed by atoms with Gasteiger partial charge < -0.3 is 5.32 Å². The minimum atomic E-state index is -3.06. The highest BCUT2D eigenvalue weighted by molar-refractivity contribution is 7.92. The maximum absolute atomic E-state index is 12.5. The van der Waals surface area contributed by atoms with Crippen molar-refractivity contribution in [3.8, 4) is 0 Å². The van der Waals surface area contributed by atoms with Gasteiger partial charge in [0.25, 0.3) is 0 Å². The summed E-state index contributed by atoms with van der Waals surface area (Å²) >= 11 is 0. The highest BCUT2D eigenvalue weighted by Crippen LogP contribution is 2.23. The van der Waals surface area contributed by atoms with Gasteiger partial charge in [-0.3, -0.25) is 0 Å². The lowest BCUT2D eigenvalue weighted by Crippen LogP contribution is -2.36. The van der Waals surface area contributed by atoms with Gasteiger partial charge in [-0.25, -0.2) is 8.42 Å². The summed E-state index contributed by atoms with van der Waals surface area (Å²) in [6, 6.07) is 9.71. The van der Waals surface area contributed by atoms with E-state index in [0.717, 1.165) is 31.4 Å². The van der Waals surface area contributed by atoms with E-state index in [-0.39, 0.29) is 11.8 Å². The number of hydrogen-bond acceptors (Lipinski definition) is 3. The van der Waals surface area contributed by atoms with Gasteiger partial charge in [-0.2, -0.15) is 0 Å². The second-order valence-corrected chi connectivity index (χ2v) is 7.70. The van der Waals surface area contributed by atoms with E-state index in [4.69, 9.17) is 0 Å². The summed E-state index contributed by atoms with van der Waals surface area (Å²) in [6.07, 6.45) is 2.78. The van der Waals surface area contributed by atoms with E-state index in [2.05, 4.69) is 12.2 Å². The lowest BCUT2D eigenvalue weighted by Gasteiger charge is -2.25. The van der Waals surface area contributed by atoms with Crippen LogP contribution >= 0.6 is 0 Å². The third-order valence-corrected chi connectivity index (χ3v) is 5.91. The molecule has 0 saturated carbocycles. The molecule has 0 aliphatic heterocycles. The second-order valence-electron chi connectivity index (χ2n) is 5.23. The Morgan fingerprint density at radius 3 is 2.30 bits per heavy atom. The van der Waals surface area contributed by atoms with Crippen LogP contribution in [-0.4, -0.2) is 26.0 Å². The third kappa shape index (κ3) is 4.91. The highest BCUT2D eigenvalue weighted by Gasteiger charge is 2.29. The van der Waals surface area contributed by atoms with E-state index in [1.807, 2.05) is 44.2 Å². The van der Waals surface area contributed by atoms with Crippen molar-refractivity contribution in [1.82, 2.24) is 5.32 Å². The molecule has 0 aromatic heterocycles. The average Bonchev–Trinajstić information content (AvgIpc) is 2.45. The average molecular weight is 297 g/mol. The smallest absolute Gasteiger partial charge is 0.154 e. The summed E-state index contributed by atoms with van der Waals surface area (Å²) in [4.78, 5) is 0. The molecule has 114 valence electrons. The van der Waals surface area contributed by atoms with Gasteiger partial charge in [0.05, 0.1) is 11.0 Å². The molecule has 4 heteroatoms. The Balaban J connectivity index is 2.86. The van der Waals surface area contributed by atoms with E-state index >= 15 is 0 Å². The minimum Gasteiger partial charge on any atom is -0.309 e. The van der Waals surface area contributed by atoms with Crippen molar-refractivity contribution in [3.63, 3.8) is 0 Å². The quantitative estimate of drug-likeness (QED) is 0.711. The maximum atomic E-state index is 12.5. The van der Waals surface area contributed by atoms with Gasteiger partial charge in [-0.15, -0.1) is 0 Å². The fourth-order valence-corrected chi connectivity index (χ4v) is 4.03. The summed E-state index contributed by atoms with van der Waals surface area (Å²) in [5.74, 6) is 0.288. The van der Waals surface area contributed by atoms with Crippen molar-refractivity contribution >= 4 is 9.84 Å². The molecule has 1 aromatic rings. The summed E-state index contributed by atoms with van der Waals surface area (Å²) in [5, 5.41) is 2.91. The van der Waals surface area contributed by atoms with Crippen LogP contribution in [0.15, 0.2) is 30.3 Å². The first-order valence-corrected chi connectivity index (χ1v) is 9.24. The molecule has 0 saturated heterocycles. The lowest BCUT2D eigenvalue weighted by atomic mass is 10.0. The Hall–Kier alpha value is -0.870. The summed E-state index contributed by atoms with van der Waals surface area (Å²) in [5.41, 5.74) is 1.04. The number of benzene rings is 1. The number of rotatable bonds is 9. The zero-order chi connectivity index (χ0) is 15.0. The van der Waals surface area contributed by atoms with Crippen LogP contribution in [0.4, 0.5) is 0 Å². The van der Waals surface area contributed by atoms with E-state index < -0.39 is 15.1 Å². The monoisotopic (exact) mass is 297 g/mol. The van der Waals surface area contributed by atoms with Gasteiger partial charge in [0.2, 0.25) is 0 Å². The van der Waals surface area contributed by atoms with Crippen molar-refractivity contribution in [3.05, 3.63) is 35.9 Å². The molecule has 2 unspecified atom stereocenters. The van der Waals surface area contributed by atoms with Crippen LogP contribution in [0.3, 0.4) is 0 Å². The van der Waals surface area contributed by atoms with E-state index in [0.29, 0.717) is 0 Å². The molecular formula is C16H27NO2S. The Kier molecular flexibility index (Phi) is 7.24. The van der Waals surface area contributed by atoms with Crippen molar-refractivity contribution in [2.75, 3.05) is 12.3 Å². The molecule has 1 aromatic carbocycles. The Morgan fingerprint density at radius 1 is 1.10 bits per heavy atom. The molecule has 1 N–H and O–H groups in total. The fraction of sp³-hybridized carbons (Fsp3) is 0.625. The Labute approximate surface area is 123 Å². The fourth-order valence-electron chi connectivity index (χ4n) is 2.38. The molecule has 20 heavy (non-hydrogen) atoms. The van der Waals surface area contributed by atoms with Gasteiger partial charge in [0.15, 0.2) is 9.84 Å². The third-order valence-electron chi connectivity index (χ3n) is 3.65. The van der Waals surface area contributed by atoms with Crippen LogP contribution in [0.5, 0.6) is 0 Å². The molecule has 0 radical (unpaired) electrons. The number of nitrogens with one attached hydrogen (secondary N) is 1. The number of unbranched alkanes of at least 4 members (excludes halogenated alkanes) is 2. The van der Waals surface area contributed by atoms with E-state index in [1.165, 1.54) is 0 Å². The predicted octanol–water partition coefficient (Wildman–Crippen LogP) is 3.33. The minimum absolute atomic E-state index is 0.132. The normalized spacial score (nSPS) is 14.9. The van der Waals surface area contributed by atoms with Crippen LogP contribution in [-0.2, 0) is 9.84 Å². The maximum Gasteiger partial charge on any atom is 0.154 e. The number of sulfone groups is 1. The van der Waals surface area contributed by atoms with Crippen LogP contribution in [0.2, 0.25) is 0 Å². The molecule has 0 aliphatic carbocycles. The van der Waals surface area contributed by atoms with Crippen molar-refractivity contribution < 1.29 is 8.42 Å². The van der Waals surface area contributed by atoms with E-state index in [1.54, 1.807) is 0 Å². The molecular weight excluding hydrogens is 270 g/mol. The van der Waals surface area contributed by atoms with Gasteiger partial charge in [-0.05, 0) is 25.5 Å². The lowest BCUT2D eigenvalue weighted by molar-refractivity contribution is 0.508. The summed E-state index contributed by atoms with van der Waals surface area (Å²) < 4.78 is 24.9. The molecule has 0 amide bonds. The zero-order valence-electron chi connectivity index (χ0n) is 12.8. The molecule has 2 atom stereocenters. The predicted molar refractivity (Wildman–Crippen MR) is 85.6 cm³/mol. The first-order valence-electron chi connectivity index (χ1n) is 7.52. The first kappa shape index (κ1) is 17.2. The highest BCUT2D eigenvalue weighted by atomic mass is 32.2. The van der Waals surface area contributed by atoms with Crippen molar-refractivity contribution in [1.29, 1.82) is 0 Å². The topological polar surface area (TPSA) is 46.2 Å². The molecule has 0 spiro atoms. The largest absolute Gasteiger partial charge is 0.309 e.